The average Bonchev–Trinajstić information content (AvgIpc) is 3.40. The molecule has 0 spiro atoms. The molecule has 5 aromatic rings. The van der Waals surface area contributed by atoms with Crippen molar-refractivity contribution in [2.24, 2.45) is 0 Å². The average molecular weight is 523 g/mol. The standard InChI is InChI=1S/C30H23ClN4O3/c31-24-13-17-25(18-14-24)34-29(20-28(33-34)23-11-15-26(16-12-23)35(37)38)30(36)32-27(22-9-5-2-6-10-22)19-21-7-3-1-4-8-21/h1-18,20,27H,19H2,(H,32,36). The molecule has 8 heteroatoms. The van der Waals surface area contributed by atoms with Gasteiger partial charge in [-0.05, 0) is 60.0 Å². The molecule has 1 heterocycles. The number of hydrogen-bond donors (Lipinski definition) is 1. The monoisotopic (exact) mass is 522 g/mol. The lowest BCUT2D eigenvalue weighted by Gasteiger charge is -2.20. The minimum Gasteiger partial charge on any atom is -0.344 e. The first kappa shape index (κ1) is 24.9. The third kappa shape index (κ3) is 5.63. The third-order valence-corrected chi connectivity index (χ3v) is 6.43. The number of non-ortho nitro benzene ring substituents is 1. The minimum atomic E-state index is -0.453. The SMILES string of the molecule is O=C(NC(Cc1ccccc1)c1ccccc1)c1cc(-c2ccc([N+](=O)[O-])cc2)nn1-c1ccc(Cl)cc1. The van der Waals surface area contributed by atoms with E-state index in [0.29, 0.717) is 34.1 Å². The van der Waals surface area contributed by atoms with Crippen molar-refractivity contribution >= 4 is 23.2 Å². The first-order valence-corrected chi connectivity index (χ1v) is 12.4. The maximum atomic E-state index is 13.8. The number of carbonyl (C=O) groups is 1. The molecule has 0 bridgehead atoms. The van der Waals surface area contributed by atoms with E-state index in [1.54, 1.807) is 47.1 Å². The number of benzene rings is 4. The van der Waals surface area contributed by atoms with Gasteiger partial charge in [-0.3, -0.25) is 14.9 Å². The van der Waals surface area contributed by atoms with Gasteiger partial charge in [-0.1, -0.05) is 72.3 Å². The number of aromatic nitrogens is 2. The highest BCUT2D eigenvalue weighted by Gasteiger charge is 2.22. The highest BCUT2D eigenvalue weighted by Crippen LogP contribution is 2.26. The lowest BCUT2D eigenvalue weighted by atomic mass is 9.98. The van der Waals surface area contributed by atoms with Crippen molar-refractivity contribution in [3.05, 3.63) is 147 Å². The van der Waals surface area contributed by atoms with E-state index in [4.69, 9.17) is 11.6 Å². The van der Waals surface area contributed by atoms with Crippen molar-refractivity contribution in [3.8, 4) is 16.9 Å². The second-order valence-electron chi connectivity index (χ2n) is 8.73. The fraction of sp³-hybridized carbons (Fsp3) is 0.0667. The van der Waals surface area contributed by atoms with Gasteiger partial charge in [0.1, 0.15) is 5.69 Å². The van der Waals surface area contributed by atoms with Crippen LogP contribution in [0.15, 0.2) is 115 Å². The van der Waals surface area contributed by atoms with E-state index in [1.807, 2.05) is 60.7 Å². The van der Waals surface area contributed by atoms with E-state index in [1.165, 1.54) is 12.1 Å². The zero-order valence-corrected chi connectivity index (χ0v) is 21.0. The lowest BCUT2D eigenvalue weighted by molar-refractivity contribution is -0.384. The molecule has 0 saturated heterocycles. The van der Waals surface area contributed by atoms with Crippen molar-refractivity contribution in [1.82, 2.24) is 15.1 Å². The summed E-state index contributed by atoms with van der Waals surface area (Å²) in [6, 6.07) is 34.3. The van der Waals surface area contributed by atoms with Crippen LogP contribution in [0.2, 0.25) is 5.02 Å². The maximum absolute atomic E-state index is 13.8. The van der Waals surface area contributed by atoms with Crippen molar-refractivity contribution in [2.75, 3.05) is 0 Å². The summed E-state index contributed by atoms with van der Waals surface area (Å²) in [6.07, 6.45) is 0.612. The predicted octanol–water partition coefficient (Wildman–Crippen LogP) is 6.81. The van der Waals surface area contributed by atoms with Crippen LogP contribution in [0.5, 0.6) is 0 Å². The number of nitro benzene ring substituents is 1. The molecular weight excluding hydrogens is 500 g/mol. The molecule has 0 saturated carbocycles. The molecule has 38 heavy (non-hydrogen) atoms. The van der Waals surface area contributed by atoms with Gasteiger partial charge in [0.05, 0.1) is 22.3 Å². The first-order valence-electron chi connectivity index (χ1n) is 12.0. The summed E-state index contributed by atoms with van der Waals surface area (Å²) in [5.74, 6) is -0.301. The van der Waals surface area contributed by atoms with E-state index in [0.717, 1.165) is 11.1 Å². The van der Waals surface area contributed by atoms with Gasteiger partial charge in [-0.15, -0.1) is 0 Å². The molecule has 0 aliphatic heterocycles. The van der Waals surface area contributed by atoms with Crippen LogP contribution >= 0.6 is 11.6 Å². The highest BCUT2D eigenvalue weighted by molar-refractivity contribution is 6.30. The van der Waals surface area contributed by atoms with Crippen LogP contribution < -0.4 is 5.32 Å². The summed E-state index contributed by atoms with van der Waals surface area (Å²) in [5, 5.41) is 19.5. The number of nitrogens with one attached hydrogen (secondary N) is 1. The van der Waals surface area contributed by atoms with Gasteiger partial charge in [0, 0.05) is 22.7 Å². The number of nitro groups is 1. The second kappa shape index (κ2) is 11.1. The van der Waals surface area contributed by atoms with E-state index < -0.39 is 4.92 Å². The largest absolute Gasteiger partial charge is 0.344 e. The Labute approximate surface area is 224 Å². The topological polar surface area (TPSA) is 90.1 Å². The van der Waals surface area contributed by atoms with E-state index >= 15 is 0 Å². The van der Waals surface area contributed by atoms with Crippen LogP contribution in [0.1, 0.15) is 27.7 Å². The smallest absolute Gasteiger partial charge is 0.270 e. The number of carbonyl (C=O) groups excluding carboxylic acids is 1. The number of amides is 1. The quantitative estimate of drug-likeness (QED) is 0.179. The van der Waals surface area contributed by atoms with Gasteiger partial charge in [0.2, 0.25) is 0 Å². The van der Waals surface area contributed by atoms with Gasteiger partial charge >= 0.3 is 0 Å². The van der Waals surface area contributed by atoms with E-state index in [2.05, 4.69) is 10.4 Å². The molecule has 1 amide bonds. The molecule has 0 aliphatic carbocycles. The van der Waals surface area contributed by atoms with Crippen LogP contribution in [-0.2, 0) is 6.42 Å². The van der Waals surface area contributed by atoms with Gasteiger partial charge in [0.25, 0.3) is 11.6 Å². The highest BCUT2D eigenvalue weighted by atomic mass is 35.5. The van der Waals surface area contributed by atoms with Gasteiger partial charge in [0.15, 0.2) is 0 Å². The van der Waals surface area contributed by atoms with Gasteiger partial charge < -0.3 is 5.32 Å². The van der Waals surface area contributed by atoms with Crippen molar-refractivity contribution in [2.45, 2.75) is 12.5 Å². The molecule has 4 aromatic carbocycles. The number of nitrogens with zero attached hydrogens (tertiary/aromatic N) is 3. The zero-order chi connectivity index (χ0) is 26.5. The van der Waals surface area contributed by atoms with E-state index in [9.17, 15) is 14.9 Å². The molecule has 7 nitrogen and oxygen atoms in total. The lowest BCUT2D eigenvalue weighted by Crippen LogP contribution is -2.31. The Morgan fingerprint density at radius 2 is 1.53 bits per heavy atom. The fourth-order valence-corrected chi connectivity index (χ4v) is 4.36. The van der Waals surface area contributed by atoms with Crippen LogP contribution in [0, 0.1) is 10.1 Å². The molecule has 5 rings (SSSR count). The van der Waals surface area contributed by atoms with Crippen molar-refractivity contribution in [3.63, 3.8) is 0 Å². The number of halogens is 1. The Kier molecular flexibility index (Phi) is 7.28. The van der Waals surface area contributed by atoms with Gasteiger partial charge in [-0.2, -0.15) is 5.10 Å². The molecule has 1 N–H and O–H groups in total. The normalized spacial score (nSPS) is 11.6. The molecule has 0 fully saturated rings. The van der Waals surface area contributed by atoms with Crippen LogP contribution in [0.3, 0.4) is 0 Å². The summed E-state index contributed by atoms with van der Waals surface area (Å²) in [6.45, 7) is 0. The van der Waals surface area contributed by atoms with Gasteiger partial charge in [-0.25, -0.2) is 4.68 Å². The molecule has 1 atom stereocenters. The van der Waals surface area contributed by atoms with Crippen LogP contribution in [-0.4, -0.2) is 20.6 Å². The van der Waals surface area contributed by atoms with E-state index in [-0.39, 0.29) is 17.6 Å². The molecular formula is C30H23ClN4O3. The Hall–Kier alpha value is -4.75. The van der Waals surface area contributed by atoms with Crippen molar-refractivity contribution < 1.29 is 9.72 Å². The number of hydrogen-bond acceptors (Lipinski definition) is 4. The summed E-state index contributed by atoms with van der Waals surface area (Å²) in [4.78, 5) is 24.4. The first-order chi connectivity index (χ1) is 18.5. The molecule has 188 valence electrons. The summed E-state index contributed by atoms with van der Waals surface area (Å²) in [7, 11) is 0. The summed E-state index contributed by atoms with van der Waals surface area (Å²) >= 11 is 6.09. The summed E-state index contributed by atoms with van der Waals surface area (Å²) < 4.78 is 1.56. The molecule has 1 aromatic heterocycles. The number of rotatable bonds is 8. The summed E-state index contributed by atoms with van der Waals surface area (Å²) in [5.41, 5.74) is 4.22. The maximum Gasteiger partial charge on any atom is 0.270 e. The molecule has 0 radical (unpaired) electrons. The van der Waals surface area contributed by atoms with Crippen LogP contribution in [0.4, 0.5) is 5.69 Å². The van der Waals surface area contributed by atoms with Crippen molar-refractivity contribution in [1.29, 1.82) is 0 Å². The zero-order valence-electron chi connectivity index (χ0n) is 20.2. The Bertz CT molecular complexity index is 1550. The Morgan fingerprint density at radius 3 is 2.16 bits per heavy atom. The molecule has 1 unspecified atom stereocenters. The Balaban J connectivity index is 1.52. The predicted molar refractivity (Wildman–Crippen MR) is 147 cm³/mol. The Morgan fingerprint density at radius 1 is 0.895 bits per heavy atom. The second-order valence-corrected chi connectivity index (χ2v) is 9.17. The molecule has 0 aliphatic rings. The van der Waals surface area contributed by atoms with Crippen LogP contribution in [0.25, 0.3) is 16.9 Å². The fourth-order valence-electron chi connectivity index (χ4n) is 4.24. The third-order valence-electron chi connectivity index (χ3n) is 6.18. The minimum absolute atomic E-state index is 0.0181.